The van der Waals surface area contributed by atoms with Crippen LogP contribution in [-0.4, -0.2) is 16.9 Å². The van der Waals surface area contributed by atoms with Crippen molar-refractivity contribution in [1.29, 1.82) is 0 Å². The summed E-state index contributed by atoms with van der Waals surface area (Å²) < 4.78 is 0. The zero-order valence-electron chi connectivity index (χ0n) is 14.2. The van der Waals surface area contributed by atoms with E-state index in [1.165, 1.54) is 37.0 Å². The Labute approximate surface area is 149 Å². The van der Waals surface area contributed by atoms with Gasteiger partial charge in [0.2, 0.25) is 0 Å². The van der Waals surface area contributed by atoms with Crippen molar-refractivity contribution in [1.82, 2.24) is 0 Å². The molecule has 0 radical (unpaired) electrons. The van der Waals surface area contributed by atoms with Gasteiger partial charge in [0.15, 0.2) is 0 Å². The van der Waals surface area contributed by atoms with Crippen LogP contribution >= 0.6 is 11.8 Å². The molecule has 0 heterocycles. The minimum absolute atomic E-state index is 0.448. The monoisotopic (exact) mass is 341 g/mol. The van der Waals surface area contributed by atoms with E-state index in [4.69, 9.17) is 5.73 Å². The summed E-state index contributed by atoms with van der Waals surface area (Å²) in [5.41, 5.74) is 6.60. The molecule has 2 nitrogen and oxygen atoms in total. The van der Waals surface area contributed by atoms with Gasteiger partial charge in [0.05, 0.1) is 0 Å². The maximum Gasteiger partial charge on any atom is 0.116 e. The predicted octanol–water partition coefficient (Wildman–Crippen LogP) is 4.70. The fourth-order valence-electron chi connectivity index (χ4n) is 3.56. The molecule has 1 aliphatic rings. The molecule has 1 fully saturated rings. The van der Waals surface area contributed by atoms with Gasteiger partial charge >= 0.3 is 0 Å². The first-order chi connectivity index (χ1) is 11.7. The minimum atomic E-state index is -1.01. The van der Waals surface area contributed by atoms with E-state index in [1.807, 2.05) is 42.1 Å². The van der Waals surface area contributed by atoms with Crippen molar-refractivity contribution < 1.29 is 5.11 Å². The van der Waals surface area contributed by atoms with Crippen molar-refractivity contribution in [3.05, 3.63) is 65.7 Å². The number of aliphatic hydroxyl groups is 1. The zero-order chi connectivity index (χ0) is 16.8. The van der Waals surface area contributed by atoms with Crippen molar-refractivity contribution in [3.63, 3.8) is 0 Å². The second-order valence-corrected chi connectivity index (χ2v) is 8.04. The number of hydrogen-bond donors (Lipinski definition) is 2. The molecule has 24 heavy (non-hydrogen) atoms. The summed E-state index contributed by atoms with van der Waals surface area (Å²) in [6.07, 6.45) is 7.28. The van der Waals surface area contributed by atoms with E-state index in [-0.39, 0.29) is 0 Å². The lowest BCUT2D eigenvalue weighted by molar-refractivity contribution is 0.0737. The first-order valence-corrected chi connectivity index (χ1v) is 9.85. The van der Waals surface area contributed by atoms with Crippen LogP contribution < -0.4 is 5.73 Å². The normalized spacial score (nSPS) is 18.2. The minimum Gasteiger partial charge on any atom is -0.380 e. The first-order valence-electron chi connectivity index (χ1n) is 8.97. The summed E-state index contributed by atoms with van der Waals surface area (Å²) in [7, 11) is 0. The second kappa shape index (κ2) is 8.19. The van der Waals surface area contributed by atoms with Crippen molar-refractivity contribution in [2.75, 3.05) is 6.54 Å². The third-order valence-electron chi connectivity index (χ3n) is 4.94. The SMILES string of the molecule is NCCC(O)(c1ccccc1)c1ccc(SC2CCCCC2)cc1. The Kier molecular flexibility index (Phi) is 5.99. The topological polar surface area (TPSA) is 46.2 Å². The molecule has 1 aliphatic carbocycles. The molecule has 128 valence electrons. The molecule has 3 rings (SSSR count). The van der Waals surface area contributed by atoms with E-state index < -0.39 is 5.60 Å². The van der Waals surface area contributed by atoms with Crippen molar-refractivity contribution >= 4 is 11.8 Å². The van der Waals surface area contributed by atoms with E-state index in [0.717, 1.165) is 16.4 Å². The maximum atomic E-state index is 11.3. The van der Waals surface area contributed by atoms with Crippen LogP contribution in [0.15, 0.2) is 59.5 Å². The average Bonchev–Trinajstić information content (AvgIpc) is 2.64. The summed E-state index contributed by atoms with van der Waals surface area (Å²) in [5.74, 6) is 0. The highest BCUT2D eigenvalue weighted by Gasteiger charge is 2.30. The predicted molar refractivity (Wildman–Crippen MR) is 102 cm³/mol. The molecule has 0 spiro atoms. The van der Waals surface area contributed by atoms with Gasteiger partial charge in [-0.1, -0.05) is 61.7 Å². The third kappa shape index (κ3) is 4.02. The molecule has 2 aromatic carbocycles. The molecule has 0 bridgehead atoms. The Balaban J connectivity index is 1.79. The Morgan fingerprint density at radius 3 is 2.17 bits per heavy atom. The highest BCUT2D eigenvalue weighted by Crippen LogP contribution is 2.36. The van der Waals surface area contributed by atoms with Gasteiger partial charge in [0.25, 0.3) is 0 Å². The highest BCUT2D eigenvalue weighted by molar-refractivity contribution is 8.00. The van der Waals surface area contributed by atoms with E-state index in [1.54, 1.807) is 0 Å². The van der Waals surface area contributed by atoms with Gasteiger partial charge in [-0.15, -0.1) is 11.8 Å². The van der Waals surface area contributed by atoms with Crippen LogP contribution in [0.2, 0.25) is 0 Å². The van der Waals surface area contributed by atoms with E-state index in [2.05, 4.69) is 24.3 Å². The summed E-state index contributed by atoms with van der Waals surface area (Å²) in [6, 6.07) is 18.3. The Morgan fingerprint density at radius 2 is 1.54 bits per heavy atom. The summed E-state index contributed by atoms with van der Waals surface area (Å²) in [5, 5.41) is 12.0. The molecule has 0 amide bonds. The number of benzene rings is 2. The smallest absolute Gasteiger partial charge is 0.116 e. The molecule has 1 unspecified atom stereocenters. The third-order valence-corrected chi connectivity index (χ3v) is 6.29. The van der Waals surface area contributed by atoms with Crippen LogP contribution in [0.4, 0.5) is 0 Å². The quantitative estimate of drug-likeness (QED) is 0.801. The molecule has 0 aliphatic heterocycles. The van der Waals surface area contributed by atoms with Gasteiger partial charge in [-0.25, -0.2) is 0 Å². The van der Waals surface area contributed by atoms with Crippen molar-refractivity contribution in [2.24, 2.45) is 5.73 Å². The van der Waals surface area contributed by atoms with E-state index in [9.17, 15) is 5.11 Å². The zero-order valence-corrected chi connectivity index (χ0v) is 15.0. The van der Waals surface area contributed by atoms with Gasteiger partial charge in [0, 0.05) is 10.1 Å². The van der Waals surface area contributed by atoms with Gasteiger partial charge in [-0.3, -0.25) is 0 Å². The first kappa shape index (κ1) is 17.5. The lowest BCUT2D eigenvalue weighted by Gasteiger charge is -2.29. The number of rotatable bonds is 6. The molecule has 3 heteroatoms. The fraction of sp³-hybridized carbons (Fsp3) is 0.429. The molecule has 0 saturated heterocycles. The van der Waals surface area contributed by atoms with Gasteiger partial charge in [-0.05, 0) is 49.1 Å². The van der Waals surface area contributed by atoms with Crippen molar-refractivity contribution in [3.8, 4) is 0 Å². The van der Waals surface area contributed by atoms with E-state index >= 15 is 0 Å². The summed E-state index contributed by atoms with van der Waals surface area (Å²) >= 11 is 1.99. The molecule has 3 N–H and O–H groups in total. The maximum absolute atomic E-state index is 11.3. The summed E-state index contributed by atoms with van der Waals surface area (Å²) in [4.78, 5) is 1.30. The lowest BCUT2D eigenvalue weighted by atomic mass is 9.84. The molecular formula is C21H27NOS. The summed E-state index contributed by atoms with van der Waals surface area (Å²) in [6.45, 7) is 0.448. The molecule has 1 saturated carbocycles. The van der Waals surface area contributed by atoms with Gasteiger partial charge < -0.3 is 10.8 Å². The van der Waals surface area contributed by atoms with Crippen LogP contribution in [0.5, 0.6) is 0 Å². The average molecular weight is 342 g/mol. The number of hydrogen-bond acceptors (Lipinski definition) is 3. The van der Waals surface area contributed by atoms with Gasteiger partial charge in [-0.2, -0.15) is 0 Å². The van der Waals surface area contributed by atoms with Crippen LogP contribution in [-0.2, 0) is 5.60 Å². The Morgan fingerprint density at radius 1 is 0.917 bits per heavy atom. The van der Waals surface area contributed by atoms with Crippen LogP contribution in [0, 0.1) is 0 Å². The van der Waals surface area contributed by atoms with Gasteiger partial charge in [0.1, 0.15) is 5.60 Å². The molecule has 1 atom stereocenters. The second-order valence-electron chi connectivity index (χ2n) is 6.67. The number of thioether (sulfide) groups is 1. The largest absolute Gasteiger partial charge is 0.380 e. The van der Waals surface area contributed by atoms with Crippen molar-refractivity contribution in [2.45, 2.75) is 54.3 Å². The molecule has 0 aromatic heterocycles. The molecular weight excluding hydrogens is 314 g/mol. The molecule has 2 aromatic rings. The Bertz CT molecular complexity index is 622. The highest BCUT2D eigenvalue weighted by atomic mass is 32.2. The fourth-order valence-corrected chi connectivity index (χ4v) is 4.81. The van der Waals surface area contributed by atoms with Crippen LogP contribution in [0.3, 0.4) is 0 Å². The lowest BCUT2D eigenvalue weighted by Crippen LogP contribution is -2.30. The van der Waals surface area contributed by atoms with Crippen LogP contribution in [0.1, 0.15) is 49.7 Å². The van der Waals surface area contributed by atoms with Crippen LogP contribution in [0.25, 0.3) is 0 Å². The van der Waals surface area contributed by atoms with E-state index in [0.29, 0.717) is 13.0 Å². The standard InChI is InChI=1S/C21H27NOS/c22-16-15-21(23,17-7-3-1-4-8-17)18-11-13-20(14-12-18)24-19-9-5-2-6-10-19/h1,3-4,7-8,11-14,19,23H,2,5-6,9-10,15-16,22H2. The number of nitrogens with two attached hydrogens (primary N) is 1. The Hall–Kier alpha value is -1.29.